The number of likely N-dealkylation sites (tertiary alicyclic amines) is 1. The topological polar surface area (TPSA) is 21.7 Å². The van der Waals surface area contributed by atoms with Crippen LogP contribution >= 0.6 is 0 Å². The second-order valence-electron chi connectivity index (χ2n) is 5.44. The lowest BCUT2D eigenvalue weighted by Crippen LogP contribution is -2.46. The van der Waals surface area contributed by atoms with Gasteiger partial charge < -0.3 is 9.47 Å². The fourth-order valence-corrected chi connectivity index (χ4v) is 2.81. The molecule has 0 amide bonds. The normalized spacial score (nSPS) is 20.5. The average Bonchev–Trinajstić information content (AvgIpc) is 2.45. The van der Waals surface area contributed by atoms with Gasteiger partial charge in [-0.25, -0.2) is 0 Å². The van der Waals surface area contributed by atoms with Crippen LogP contribution < -0.4 is 9.47 Å². The molecule has 0 spiro atoms. The number of nitrogens with zero attached hydrogens (tertiary/aromatic N) is 1. The Kier molecular flexibility index (Phi) is 5.08. The zero-order chi connectivity index (χ0) is 13.7. The van der Waals surface area contributed by atoms with Crippen LogP contribution in [0.15, 0.2) is 24.3 Å². The Bertz CT molecular complexity index is 392. The van der Waals surface area contributed by atoms with E-state index >= 15 is 0 Å². The molecule has 1 unspecified atom stereocenters. The van der Waals surface area contributed by atoms with Crippen LogP contribution in [0.5, 0.6) is 11.5 Å². The summed E-state index contributed by atoms with van der Waals surface area (Å²) in [6, 6.07) is 8.98. The molecule has 1 atom stereocenters. The summed E-state index contributed by atoms with van der Waals surface area (Å²) in [6.07, 6.45) is 3.85. The van der Waals surface area contributed by atoms with Crippen LogP contribution in [-0.4, -0.2) is 37.2 Å². The minimum Gasteiger partial charge on any atom is -0.493 e. The SMILES string of the molecule is COc1ccccc1OCC1CCCCN1C(C)C. The quantitative estimate of drug-likeness (QED) is 0.813. The van der Waals surface area contributed by atoms with E-state index in [9.17, 15) is 0 Å². The Balaban J connectivity index is 1.96. The van der Waals surface area contributed by atoms with Gasteiger partial charge in [-0.15, -0.1) is 0 Å². The molecule has 1 heterocycles. The molecule has 0 N–H and O–H groups in total. The van der Waals surface area contributed by atoms with Crippen molar-refractivity contribution in [2.24, 2.45) is 0 Å². The highest BCUT2D eigenvalue weighted by molar-refractivity contribution is 5.39. The zero-order valence-electron chi connectivity index (χ0n) is 12.3. The number of hydrogen-bond donors (Lipinski definition) is 0. The molecule has 19 heavy (non-hydrogen) atoms. The zero-order valence-corrected chi connectivity index (χ0v) is 12.3. The molecule has 1 aliphatic heterocycles. The summed E-state index contributed by atoms with van der Waals surface area (Å²) >= 11 is 0. The van der Waals surface area contributed by atoms with Crippen molar-refractivity contribution < 1.29 is 9.47 Å². The van der Waals surface area contributed by atoms with Crippen molar-refractivity contribution in [2.45, 2.75) is 45.2 Å². The third-order valence-electron chi connectivity index (χ3n) is 3.84. The van der Waals surface area contributed by atoms with Gasteiger partial charge in [-0.3, -0.25) is 4.90 Å². The molecule has 3 heteroatoms. The first kappa shape index (κ1) is 14.2. The highest BCUT2D eigenvalue weighted by atomic mass is 16.5. The highest BCUT2D eigenvalue weighted by Gasteiger charge is 2.25. The molecular weight excluding hydrogens is 238 g/mol. The van der Waals surface area contributed by atoms with Crippen LogP contribution in [0, 0.1) is 0 Å². The average molecular weight is 263 g/mol. The van der Waals surface area contributed by atoms with Crippen molar-refractivity contribution in [3.05, 3.63) is 24.3 Å². The van der Waals surface area contributed by atoms with Crippen molar-refractivity contribution in [2.75, 3.05) is 20.3 Å². The number of para-hydroxylation sites is 2. The van der Waals surface area contributed by atoms with Gasteiger partial charge in [0, 0.05) is 12.1 Å². The summed E-state index contributed by atoms with van der Waals surface area (Å²) in [5.74, 6) is 1.66. The maximum atomic E-state index is 5.98. The van der Waals surface area contributed by atoms with E-state index in [1.165, 1.54) is 25.8 Å². The summed E-state index contributed by atoms with van der Waals surface area (Å²) in [7, 11) is 1.68. The number of methoxy groups -OCH3 is 1. The summed E-state index contributed by atoms with van der Waals surface area (Å²) < 4.78 is 11.3. The van der Waals surface area contributed by atoms with Crippen LogP contribution in [0.2, 0.25) is 0 Å². The van der Waals surface area contributed by atoms with Gasteiger partial charge in [0.25, 0.3) is 0 Å². The predicted octanol–water partition coefficient (Wildman–Crippen LogP) is 3.34. The fourth-order valence-electron chi connectivity index (χ4n) is 2.81. The third-order valence-corrected chi connectivity index (χ3v) is 3.84. The lowest BCUT2D eigenvalue weighted by Gasteiger charge is -2.38. The molecule has 1 saturated heterocycles. The van der Waals surface area contributed by atoms with Crippen LogP contribution in [0.25, 0.3) is 0 Å². The molecule has 1 aromatic rings. The fraction of sp³-hybridized carbons (Fsp3) is 0.625. The van der Waals surface area contributed by atoms with E-state index < -0.39 is 0 Å². The summed E-state index contributed by atoms with van der Waals surface area (Å²) in [4.78, 5) is 2.55. The number of benzene rings is 1. The Labute approximate surface area is 116 Å². The maximum Gasteiger partial charge on any atom is 0.161 e. The summed E-state index contributed by atoms with van der Waals surface area (Å²) in [5.41, 5.74) is 0. The van der Waals surface area contributed by atoms with Crippen LogP contribution in [0.4, 0.5) is 0 Å². The van der Waals surface area contributed by atoms with E-state index in [-0.39, 0.29) is 0 Å². The summed E-state index contributed by atoms with van der Waals surface area (Å²) in [5, 5.41) is 0. The highest BCUT2D eigenvalue weighted by Crippen LogP contribution is 2.27. The molecule has 0 radical (unpaired) electrons. The Morgan fingerprint density at radius 2 is 1.95 bits per heavy atom. The van der Waals surface area contributed by atoms with Gasteiger partial charge in [0.05, 0.1) is 7.11 Å². The van der Waals surface area contributed by atoms with Gasteiger partial charge in [-0.1, -0.05) is 18.6 Å². The van der Waals surface area contributed by atoms with Crippen LogP contribution in [-0.2, 0) is 0 Å². The second kappa shape index (κ2) is 6.80. The molecule has 0 saturated carbocycles. The summed E-state index contributed by atoms with van der Waals surface area (Å²) in [6.45, 7) is 6.47. The van der Waals surface area contributed by atoms with Gasteiger partial charge in [0.15, 0.2) is 11.5 Å². The largest absolute Gasteiger partial charge is 0.493 e. The second-order valence-corrected chi connectivity index (χ2v) is 5.44. The molecule has 2 rings (SSSR count). The van der Waals surface area contributed by atoms with Crippen molar-refractivity contribution in [1.29, 1.82) is 0 Å². The van der Waals surface area contributed by atoms with Crippen molar-refractivity contribution >= 4 is 0 Å². The molecule has 1 fully saturated rings. The maximum absolute atomic E-state index is 5.98. The van der Waals surface area contributed by atoms with Gasteiger partial charge in [-0.2, -0.15) is 0 Å². The Morgan fingerprint density at radius 3 is 2.63 bits per heavy atom. The molecule has 0 bridgehead atoms. The minimum atomic E-state index is 0.527. The number of hydrogen-bond acceptors (Lipinski definition) is 3. The number of piperidine rings is 1. The molecular formula is C16H25NO2. The van der Waals surface area contributed by atoms with Crippen LogP contribution in [0.1, 0.15) is 33.1 Å². The lowest BCUT2D eigenvalue weighted by atomic mass is 10.0. The van der Waals surface area contributed by atoms with E-state index in [1.54, 1.807) is 7.11 Å². The van der Waals surface area contributed by atoms with Crippen LogP contribution in [0.3, 0.4) is 0 Å². The Morgan fingerprint density at radius 1 is 1.21 bits per heavy atom. The van der Waals surface area contributed by atoms with E-state index in [0.717, 1.165) is 18.1 Å². The standard InChI is InChI=1S/C16H25NO2/c1-13(2)17-11-7-6-8-14(17)12-19-16-10-5-4-9-15(16)18-3/h4-5,9-10,13-14H,6-8,11-12H2,1-3H3. The van der Waals surface area contributed by atoms with E-state index in [0.29, 0.717) is 12.1 Å². The Hall–Kier alpha value is -1.22. The van der Waals surface area contributed by atoms with Gasteiger partial charge >= 0.3 is 0 Å². The smallest absolute Gasteiger partial charge is 0.161 e. The van der Waals surface area contributed by atoms with Crippen molar-refractivity contribution in [1.82, 2.24) is 4.90 Å². The molecule has 1 aromatic carbocycles. The van der Waals surface area contributed by atoms with Gasteiger partial charge in [0.1, 0.15) is 6.61 Å². The molecule has 3 nitrogen and oxygen atoms in total. The first-order valence-corrected chi connectivity index (χ1v) is 7.24. The minimum absolute atomic E-state index is 0.527. The number of rotatable bonds is 5. The first-order chi connectivity index (χ1) is 9.22. The lowest BCUT2D eigenvalue weighted by molar-refractivity contribution is 0.0724. The van der Waals surface area contributed by atoms with Crippen molar-refractivity contribution in [3.8, 4) is 11.5 Å². The van der Waals surface area contributed by atoms with E-state index in [1.807, 2.05) is 24.3 Å². The first-order valence-electron chi connectivity index (χ1n) is 7.24. The molecule has 0 aromatic heterocycles. The van der Waals surface area contributed by atoms with E-state index in [2.05, 4.69) is 18.7 Å². The number of ether oxygens (including phenoxy) is 2. The third kappa shape index (κ3) is 3.63. The predicted molar refractivity (Wildman–Crippen MR) is 78.0 cm³/mol. The van der Waals surface area contributed by atoms with E-state index in [4.69, 9.17) is 9.47 Å². The van der Waals surface area contributed by atoms with Gasteiger partial charge in [-0.05, 0) is 45.4 Å². The molecule has 0 aliphatic carbocycles. The molecule has 1 aliphatic rings. The van der Waals surface area contributed by atoms with Gasteiger partial charge in [0.2, 0.25) is 0 Å². The van der Waals surface area contributed by atoms with Crippen molar-refractivity contribution in [3.63, 3.8) is 0 Å². The monoisotopic (exact) mass is 263 g/mol. The molecule has 106 valence electrons.